The second-order valence-electron chi connectivity index (χ2n) is 8.46. The normalized spacial score (nSPS) is 27.8. The predicted octanol–water partition coefficient (Wildman–Crippen LogP) is 7.20. The summed E-state index contributed by atoms with van der Waals surface area (Å²) in [7, 11) is 0. The van der Waals surface area contributed by atoms with Crippen molar-refractivity contribution in [1.82, 2.24) is 0 Å². The zero-order valence-corrected chi connectivity index (χ0v) is 17.3. The maximum Gasteiger partial charge on any atom is 0.270 e. The van der Waals surface area contributed by atoms with Crippen molar-refractivity contribution in [3.05, 3.63) is 41.7 Å². The Labute approximate surface area is 172 Å². The van der Waals surface area contributed by atoms with Crippen molar-refractivity contribution in [2.45, 2.75) is 76.7 Å². The topological polar surface area (TPSA) is 18.5 Å². The molecule has 0 bridgehead atoms. The van der Waals surface area contributed by atoms with Crippen LogP contribution in [0.25, 0.3) is 0 Å². The van der Waals surface area contributed by atoms with Gasteiger partial charge in [0.05, 0.1) is 24.9 Å². The van der Waals surface area contributed by atoms with Crippen LogP contribution < -0.4 is 4.74 Å². The SMILES string of the molecule is C=CC1CCC(CCC2CCC(c3ccc(OCC)c(C(F)F)c3F)CC2)CO1. The van der Waals surface area contributed by atoms with E-state index in [4.69, 9.17) is 9.47 Å². The van der Waals surface area contributed by atoms with Crippen LogP contribution >= 0.6 is 0 Å². The molecule has 5 heteroatoms. The summed E-state index contributed by atoms with van der Waals surface area (Å²) in [5.41, 5.74) is -0.153. The van der Waals surface area contributed by atoms with Crippen molar-refractivity contribution in [1.29, 1.82) is 0 Å². The zero-order valence-electron chi connectivity index (χ0n) is 17.3. The largest absolute Gasteiger partial charge is 0.493 e. The zero-order chi connectivity index (χ0) is 20.8. The molecule has 0 amide bonds. The van der Waals surface area contributed by atoms with Crippen LogP contribution in [0.3, 0.4) is 0 Å². The molecule has 0 N–H and O–H groups in total. The Morgan fingerprint density at radius 1 is 1.10 bits per heavy atom. The lowest BCUT2D eigenvalue weighted by atomic mass is 9.75. The first-order valence-electron chi connectivity index (χ1n) is 11.0. The third-order valence-electron chi connectivity index (χ3n) is 6.63. The molecule has 2 nitrogen and oxygen atoms in total. The number of alkyl halides is 2. The monoisotopic (exact) mass is 410 g/mol. The van der Waals surface area contributed by atoms with Crippen LogP contribution in [0, 0.1) is 17.7 Å². The molecule has 1 aliphatic carbocycles. The minimum atomic E-state index is -2.87. The van der Waals surface area contributed by atoms with Crippen LogP contribution in [0.1, 0.15) is 81.8 Å². The molecule has 1 aromatic carbocycles. The van der Waals surface area contributed by atoms with E-state index in [1.165, 1.54) is 25.3 Å². The van der Waals surface area contributed by atoms with Gasteiger partial charge in [0.15, 0.2) is 0 Å². The Hall–Kier alpha value is -1.49. The van der Waals surface area contributed by atoms with E-state index in [-0.39, 0.29) is 24.4 Å². The lowest BCUT2D eigenvalue weighted by Crippen LogP contribution is -2.25. The average Bonchev–Trinajstić information content (AvgIpc) is 2.73. The molecule has 29 heavy (non-hydrogen) atoms. The first-order chi connectivity index (χ1) is 14.0. The van der Waals surface area contributed by atoms with Gasteiger partial charge in [-0.3, -0.25) is 0 Å². The van der Waals surface area contributed by atoms with E-state index in [9.17, 15) is 13.2 Å². The molecule has 2 fully saturated rings. The molecule has 162 valence electrons. The quantitative estimate of drug-likeness (QED) is 0.422. The van der Waals surface area contributed by atoms with Crippen molar-refractivity contribution in [3.8, 4) is 5.75 Å². The highest BCUT2D eigenvalue weighted by Crippen LogP contribution is 2.42. The summed E-state index contributed by atoms with van der Waals surface area (Å²) >= 11 is 0. The van der Waals surface area contributed by atoms with E-state index in [1.54, 1.807) is 13.0 Å². The van der Waals surface area contributed by atoms with Gasteiger partial charge in [-0.15, -0.1) is 6.58 Å². The lowest BCUT2D eigenvalue weighted by molar-refractivity contribution is 0.00645. The number of ether oxygens (including phenoxy) is 2. The van der Waals surface area contributed by atoms with Crippen LogP contribution in [0.15, 0.2) is 24.8 Å². The second kappa shape index (κ2) is 10.5. The molecule has 1 aliphatic heterocycles. The highest BCUT2D eigenvalue weighted by molar-refractivity contribution is 5.41. The molecule has 0 radical (unpaired) electrons. The van der Waals surface area contributed by atoms with Crippen molar-refractivity contribution in [3.63, 3.8) is 0 Å². The van der Waals surface area contributed by atoms with Crippen LogP contribution in [0.5, 0.6) is 5.75 Å². The fourth-order valence-electron chi connectivity index (χ4n) is 4.87. The van der Waals surface area contributed by atoms with Crippen molar-refractivity contribution >= 4 is 0 Å². The van der Waals surface area contributed by atoms with Gasteiger partial charge in [0.2, 0.25) is 0 Å². The molecule has 2 atom stereocenters. The molecular weight excluding hydrogens is 377 g/mol. The maximum absolute atomic E-state index is 14.9. The molecule has 0 spiro atoms. The summed E-state index contributed by atoms with van der Waals surface area (Å²) in [6, 6.07) is 3.15. The van der Waals surface area contributed by atoms with Crippen molar-refractivity contribution in [2.24, 2.45) is 11.8 Å². The first kappa shape index (κ1) is 22.2. The van der Waals surface area contributed by atoms with Crippen LogP contribution in [0.2, 0.25) is 0 Å². The van der Waals surface area contributed by atoms with Gasteiger partial charge in [0.1, 0.15) is 11.6 Å². The number of rotatable bonds is 8. The molecule has 1 saturated carbocycles. The van der Waals surface area contributed by atoms with Gasteiger partial charge in [-0.05, 0) is 81.3 Å². The van der Waals surface area contributed by atoms with E-state index >= 15 is 0 Å². The van der Waals surface area contributed by atoms with Gasteiger partial charge < -0.3 is 9.47 Å². The number of benzene rings is 1. The summed E-state index contributed by atoms with van der Waals surface area (Å²) in [6.07, 6.45) is 7.61. The van der Waals surface area contributed by atoms with Gasteiger partial charge in [0.25, 0.3) is 6.43 Å². The van der Waals surface area contributed by atoms with Gasteiger partial charge in [-0.25, -0.2) is 13.2 Å². The fourth-order valence-corrected chi connectivity index (χ4v) is 4.87. The molecule has 1 aromatic rings. The Kier molecular flexibility index (Phi) is 8.05. The Morgan fingerprint density at radius 3 is 2.38 bits per heavy atom. The standard InChI is InChI=1S/C24H33F3O2/c1-3-19-12-9-17(15-29-19)6-5-16-7-10-18(11-8-16)20-13-14-21(28-4-2)22(23(20)25)24(26)27/h3,13-14,16-19,24H,1,4-12,15H2,2H3. The van der Waals surface area contributed by atoms with Gasteiger partial charge in [-0.2, -0.15) is 0 Å². The highest BCUT2D eigenvalue weighted by atomic mass is 19.3. The highest BCUT2D eigenvalue weighted by Gasteiger charge is 2.29. The van der Waals surface area contributed by atoms with E-state index in [0.717, 1.165) is 38.7 Å². The first-order valence-corrected chi connectivity index (χ1v) is 11.0. The maximum atomic E-state index is 14.9. The smallest absolute Gasteiger partial charge is 0.270 e. The number of hydrogen-bond acceptors (Lipinski definition) is 2. The molecule has 2 unspecified atom stereocenters. The van der Waals surface area contributed by atoms with Crippen LogP contribution in [-0.2, 0) is 4.74 Å². The third kappa shape index (κ3) is 5.56. The Morgan fingerprint density at radius 2 is 1.79 bits per heavy atom. The molecule has 1 heterocycles. The summed E-state index contributed by atoms with van der Waals surface area (Å²) < 4.78 is 52.7. The average molecular weight is 411 g/mol. The van der Waals surface area contributed by atoms with E-state index in [1.807, 2.05) is 6.08 Å². The summed E-state index contributed by atoms with van der Waals surface area (Å²) in [5.74, 6) is 0.479. The lowest BCUT2D eigenvalue weighted by Gasteiger charge is -2.32. The second-order valence-corrected chi connectivity index (χ2v) is 8.46. The van der Waals surface area contributed by atoms with E-state index < -0.39 is 17.8 Å². The Balaban J connectivity index is 1.53. The molecule has 1 saturated heterocycles. The Bertz CT molecular complexity index is 660. The van der Waals surface area contributed by atoms with E-state index in [2.05, 4.69) is 6.58 Å². The van der Waals surface area contributed by atoms with Gasteiger partial charge >= 0.3 is 0 Å². The van der Waals surface area contributed by atoms with Crippen LogP contribution in [0.4, 0.5) is 13.2 Å². The fraction of sp³-hybridized carbons (Fsp3) is 0.667. The van der Waals surface area contributed by atoms with Gasteiger partial charge in [-0.1, -0.05) is 18.6 Å². The van der Waals surface area contributed by atoms with E-state index in [0.29, 0.717) is 17.4 Å². The van der Waals surface area contributed by atoms with Gasteiger partial charge in [0, 0.05) is 0 Å². The predicted molar refractivity (Wildman–Crippen MR) is 109 cm³/mol. The van der Waals surface area contributed by atoms with Crippen molar-refractivity contribution in [2.75, 3.05) is 13.2 Å². The molecule has 0 aromatic heterocycles. The van der Waals surface area contributed by atoms with Crippen molar-refractivity contribution < 1.29 is 22.6 Å². The third-order valence-corrected chi connectivity index (χ3v) is 6.63. The molecule has 3 rings (SSSR count). The van der Waals surface area contributed by atoms with Crippen LogP contribution in [-0.4, -0.2) is 19.3 Å². The minimum Gasteiger partial charge on any atom is -0.493 e. The molecular formula is C24H33F3O2. The summed E-state index contributed by atoms with van der Waals surface area (Å²) in [4.78, 5) is 0. The summed E-state index contributed by atoms with van der Waals surface area (Å²) in [6.45, 7) is 6.56. The number of hydrogen-bond donors (Lipinski definition) is 0. The minimum absolute atomic E-state index is 0.0193. The molecule has 2 aliphatic rings. The number of halogens is 3. The summed E-state index contributed by atoms with van der Waals surface area (Å²) in [5, 5.41) is 0.